The lowest BCUT2D eigenvalue weighted by molar-refractivity contribution is -0.142. The molecule has 0 saturated carbocycles. The molecule has 1 aromatic carbocycles. The van der Waals surface area contributed by atoms with Crippen LogP contribution < -0.4 is 0 Å². The summed E-state index contributed by atoms with van der Waals surface area (Å²) in [6.07, 6.45) is 2.18. The van der Waals surface area contributed by atoms with E-state index < -0.39 is 0 Å². The number of fused-ring (bicyclic) bond motifs is 6. The van der Waals surface area contributed by atoms with Crippen LogP contribution in [0.15, 0.2) is 18.2 Å². The van der Waals surface area contributed by atoms with Gasteiger partial charge in [-0.1, -0.05) is 11.6 Å². The molecule has 1 N–H and O–H groups in total. The molecule has 124 valence electrons. The lowest BCUT2D eigenvalue weighted by Gasteiger charge is -2.16. The van der Waals surface area contributed by atoms with E-state index in [4.69, 9.17) is 16.3 Å². The highest BCUT2D eigenvalue weighted by Gasteiger charge is 2.62. The van der Waals surface area contributed by atoms with Gasteiger partial charge in [-0.15, -0.1) is 0 Å². The van der Waals surface area contributed by atoms with Gasteiger partial charge in [-0.2, -0.15) is 0 Å². The highest BCUT2D eigenvalue weighted by atomic mass is 35.5. The number of amides is 2. The number of aromatic amines is 1. The summed E-state index contributed by atoms with van der Waals surface area (Å²) in [5, 5.41) is 0.644. The zero-order valence-electron chi connectivity index (χ0n) is 12.9. The number of nitrogens with one attached hydrogen (secondary N) is 1. The zero-order valence-corrected chi connectivity index (χ0v) is 13.6. The smallest absolute Gasteiger partial charge is 0.235 e. The first-order valence-corrected chi connectivity index (χ1v) is 8.64. The monoisotopic (exact) mass is 345 g/mol. The zero-order chi connectivity index (χ0) is 16.4. The van der Waals surface area contributed by atoms with Crippen LogP contribution in [0.1, 0.15) is 18.7 Å². The number of hydrogen-bond acceptors (Lipinski definition) is 4. The summed E-state index contributed by atoms with van der Waals surface area (Å²) >= 11 is 5.98. The summed E-state index contributed by atoms with van der Waals surface area (Å²) in [7, 11) is 0. The van der Waals surface area contributed by atoms with E-state index in [-0.39, 0.29) is 35.9 Å². The van der Waals surface area contributed by atoms with E-state index >= 15 is 0 Å². The van der Waals surface area contributed by atoms with Gasteiger partial charge >= 0.3 is 0 Å². The van der Waals surface area contributed by atoms with Gasteiger partial charge in [0.25, 0.3) is 0 Å². The van der Waals surface area contributed by atoms with Gasteiger partial charge in [-0.05, 0) is 31.0 Å². The number of likely N-dealkylation sites (tertiary alicyclic amines) is 1. The van der Waals surface area contributed by atoms with E-state index in [0.717, 1.165) is 29.7 Å². The van der Waals surface area contributed by atoms with Gasteiger partial charge in [0.2, 0.25) is 11.8 Å². The first-order chi connectivity index (χ1) is 11.6. The molecular formula is C17H16ClN3O3. The van der Waals surface area contributed by atoms with Crippen molar-refractivity contribution < 1.29 is 14.3 Å². The number of rotatable bonds is 3. The van der Waals surface area contributed by atoms with Crippen LogP contribution in [0.25, 0.3) is 11.0 Å². The molecule has 0 radical (unpaired) electrons. The van der Waals surface area contributed by atoms with E-state index in [1.54, 1.807) is 6.07 Å². The average molecular weight is 346 g/mol. The van der Waals surface area contributed by atoms with E-state index in [9.17, 15) is 9.59 Å². The number of halogens is 1. The van der Waals surface area contributed by atoms with Gasteiger partial charge in [0.1, 0.15) is 5.82 Å². The molecule has 3 aliphatic heterocycles. The number of nitrogens with zero attached hydrogens (tertiary/aromatic N) is 2. The number of hydrogen-bond donors (Lipinski definition) is 1. The van der Waals surface area contributed by atoms with Gasteiger partial charge in [0.05, 0.1) is 35.1 Å². The Morgan fingerprint density at radius 3 is 2.62 bits per heavy atom. The standard InChI is InChI=1S/C17H16ClN3O3/c18-8-1-2-9-10(7-8)20-13(19-9)5-6-21-16(22)14-11-3-4-12(24-11)15(14)17(21)23/h1-2,7,11-12,14-15H,3-6H2,(H,19,20)/t11-,12-,14-,15+/m1/s1. The SMILES string of the molecule is O=C1[C@@H]2[C@H](C(=O)N1CCc1nc3ccc(Cl)cc3[nH]1)[C@H]1CC[C@H]2O1. The van der Waals surface area contributed by atoms with Crippen molar-refractivity contribution in [2.45, 2.75) is 31.5 Å². The minimum Gasteiger partial charge on any atom is -0.373 e. The Morgan fingerprint density at radius 1 is 1.21 bits per heavy atom. The van der Waals surface area contributed by atoms with Crippen LogP contribution in [0.3, 0.4) is 0 Å². The van der Waals surface area contributed by atoms with Crippen molar-refractivity contribution in [1.82, 2.24) is 14.9 Å². The number of aromatic nitrogens is 2. The molecule has 0 spiro atoms. The Hall–Kier alpha value is -1.92. The van der Waals surface area contributed by atoms with Crippen molar-refractivity contribution >= 4 is 34.4 Å². The third-order valence-electron chi connectivity index (χ3n) is 5.44. The molecule has 4 atom stereocenters. The van der Waals surface area contributed by atoms with E-state index in [1.807, 2.05) is 12.1 Å². The molecule has 3 aliphatic rings. The van der Waals surface area contributed by atoms with E-state index in [2.05, 4.69) is 9.97 Å². The third-order valence-corrected chi connectivity index (χ3v) is 5.68. The van der Waals surface area contributed by atoms with Crippen molar-refractivity contribution in [2.75, 3.05) is 6.54 Å². The Morgan fingerprint density at radius 2 is 1.92 bits per heavy atom. The molecule has 4 heterocycles. The lowest BCUT2D eigenvalue weighted by atomic mass is 9.81. The van der Waals surface area contributed by atoms with Gasteiger partial charge < -0.3 is 9.72 Å². The number of H-pyrrole nitrogens is 1. The second-order valence-corrected chi connectivity index (χ2v) is 7.20. The summed E-state index contributed by atoms with van der Waals surface area (Å²) < 4.78 is 5.74. The molecule has 6 nitrogen and oxygen atoms in total. The average Bonchev–Trinajstić information content (AvgIpc) is 3.29. The Bertz CT molecular complexity index is 836. The first kappa shape index (κ1) is 14.4. The number of benzene rings is 1. The molecule has 2 aromatic rings. The maximum Gasteiger partial charge on any atom is 0.235 e. The van der Waals surface area contributed by atoms with Gasteiger partial charge in [0.15, 0.2) is 0 Å². The molecule has 0 aliphatic carbocycles. The number of ether oxygens (including phenoxy) is 1. The van der Waals surface area contributed by atoms with Crippen LogP contribution in [-0.4, -0.2) is 45.4 Å². The second kappa shape index (κ2) is 5.04. The molecule has 3 saturated heterocycles. The fourth-order valence-corrected chi connectivity index (χ4v) is 4.54. The fourth-order valence-electron chi connectivity index (χ4n) is 4.36. The molecular weight excluding hydrogens is 330 g/mol. The topological polar surface area (TPSA) is 75.3 Å². The number of imidazole rings is 1. The van der Waals surface area contributed by atoms with Crippen molar-refractivity contribution in [3.63, 3.8) is 0 Å². The number of carbonyl (C=O) groups is 2. The van der Waals surface area contributed by atoms with E-state index in [0.29, 0.717) is 18.0 Å². The summed E-state index contributed by atoms with van der Waals surface area (Å²) in [4.78, 5) is 34.3. The number of carbonyl (C=O) groups excluding carboxylic acids is 2. The minimum absolute atomic E-state index is 0.0604. The summed E-state index contributed by atoms with van der Waals surface area (Å²) in [6.45, 7) is 0.359. The Kier molecular flexibility index (Phi) is 3.03. The van der Waals surface area contributed by atoms with Crippen molar-refractivity contribution in [3.8, 4) is 0 Å². The van der Waals surface area contributed by atoms with Crippen LogP contribution in [0.4, 0.5) is 0 Å². The fraction of sp³-hybridized carbons (Fsp3) is 0.471. The van der Waals surface area contributed by atoms with E-state index in [1.165, 1.54) is 4.90 Å². The van der Waals surface area contributed by atoms with Crippen molar-refractivity contribution in [3.05, 3.63) is 29.0 Å². The highest BCUT2D eigenvalue weighted by molar-refractivity contribution is 6.31. The van der Waals surface area contributed by atoms with Crippen LogP contribution >= 0.6 is 11.6 Å². The molecule has 5 rings (SSSR count). The molecule has 2 amide bonds. The minimum atomic E-state index is -0.259. The normalized spacial score (nSPS) is 31.5. The van der Waals surface area contributed by atoms with Crippen LogP contribution in [-0.2, 0) is 20.7 Å². The summed E-state index contributed by atoms with van der Waals surface area (Å²) in [5.74, 6) is 0.0910. The number of imide groups is 1. The predicted octanol–water partition coefficient (Wildman–Crippen LogP) is 1.92. The van der Waals surface area contributed by atoms with Crippen molar-refractivity contribution in [2.24, 2.45) is 11.8 Å². The molecule has 3 fully saturated rings. The predicted molar refractivity (Wildman–Crippen MR) is 86.4 cm³/mol. The Balaban J connectivity index is 1.34. The maximum absolute atomic E-state index is 12.6. The summed E-state index contributed by atoms with van der Waals surface area (Å²) in [5.41, 5.74) is 1.69. The van der Waals surface area contributed by atoms with Crippen LogP contribution in [0, 0.1) is 11.8 Å². The largest absolute Gasteiger partial charge is 0.373 e. The Labute approximate surface area is 143 Å². The van der Waals surface area contributed by atoms with Gasteiger partial charge in [-0.3, -0.25) is 14.5 Å². The second-order valence-electron chi connectivity index (χ2n) is 6.76. The first-order valence-electron chi connectivity index (χ1n) is 8.26. The highest BCUT2D eigenvalue weighted by Crippen LogP contribution is 2.48. The van der Waals surface area contributed by atoms with Gasteiger partial charge in [-0.25, -0.2) is 4.98 Å². The lowest BCUT2D eigenvalue weighted by Crippen LogP contribution is -2.36. The third kappa shape index (κ3) is 1.96. The quantitative estimate of drug-likeness (QED) is 0.862. The molecule has 2 bridgehead atoms. The summed E-state index contributed by atoms with van der Waals surface area (Å²) in [6, 6.07) is 5.46. The van der Waals surface area contributed by atoms with Gasteiger partial charge in [0, 0.05) is 18.0 Å². The molecule has 24 heavy (non-hydrogen) atoms. The maximum atomic E-state index is 12.6. The van der Waals surface area contributed by atoms with Crippen LogP contribution in [0.5, 0.6) is 0 Å². The molecule has 0 unspecified atom stereocenters. The molecule has 7 heteroatoms. The van der Waals surface area contributed by atoms with Crippen LogP contribution in [0.2, 0.25) is 5.02 Å². The van der Waals surface area contributed by atoms with Crippen molar-refractivity contribution in [1.29, 1.82) is 0 Å². The molecule has 1 aromatic heterocycles.